The van der Waals surface area contributed by atoms with Crippen molar-refractivity contribution in [3.05, 3.63) is 35.4 Å². The van der Waals surface area contributed by atoms with E-state index in [0.717, 1.165) is 24.9 Å². The molecule has 4 heteroatoms. The molecule has 4 nitrogen and oxygen atoms in total. The highest BCUT2D eigenvalue weighted by molar-refractivity contribution is 5.87. The van der Waals surface area contributed by atoms with Crippen LogP contribution in [0.2, 0.25) is 0 Å². The molecular formula is C20H27NO3. The van der Waals surface area contributed by atoms with Crippen molar-refractivity contribution in [2.45, 2.75) is 58.9 Å². The number of hydrogen-bond donors (Lipinski definition) is 1. The van der Waals surface area contributed by atoms with E-state index in [-0.39, 0.29) is 16.9 Å². The molecule has 0 aromatic heterocycles. The fourth-order valence-corrected chi connectivity index (χ4v) is 4.96. The summed E-state index contributed by atoms with van der Waals surface area (Å²) >= 11 is 0. The van der Waals surface area contributed by atoms with Crippen LogP contribution < -0.4 is 0 Å². The zero-order chi connectivity index (χ0) is 17.5. The first-order valence-electron chi connectivity index (χ1n) is 8.79. The fourth-order valence-electron chi connectivity index (χ4n) is 4.96. The second-order valence-corrected chi connectivity index (χ2v) is 8.74. The maximum atomic E-state index is 12.7. The molecule has 2 aliphatic rings. The number of likely N-dealkylation sites (tertiary alicyclic amines) is 1. The summed E-state index contributed by atoms with van der Waals surface area (Å²) in [5.41, 5.74) is 1.89. The van der Waals surface area contributed by atoms with E-state index >= 15 is 0 Å². The van der Waals surface area contributed by atoms with Gasteiger partial charge in [0.05, 0.1) is 5.56 Å². The molecule has 1 aliphatic heterocycles. The van der Waals surface area contributed by atoms with E-state index in [1.54, 1.807) is 12.1 Å². The SMILES string of the molecule is CC1(C)CC2CC(C)(CN2C(=O)CCc2ccc(C(=O)O)cc2)C1. The molecule has 24 heavy (non-hydrogen) atoms. The Labute approximate surface area is 143 Å². The van der Waals surface area contributed by atoms with Gasteiger partial charge in [0.15, 0.2) is 0 Å². The lowest BCUT2D eigenvalue weighted by atomic mass is 9.65. The number of aromatic carboxylic acids is 1. The zero-order valence-electron chi connectivity index (χ0n) is 14.8. The Kier molecular flexibility index (Phi) is 4.18. The molecule has 3 rings (SSSR count). The molecule has 1 amide bonds. The smallest absolute Gasteiger partial charge is 0.335 e. The number of rotatable bonds is 4. The zero-order valence-corrected chi connectivity index (χ0v) is 14.8. The summed E-state index contributed by atoms with van der Waals surface area (Å²) in [7, 11) is 0. The average molecular weight is 329 g/mol. The Bertz CT molecular complexity index is 649. The lowest BCUT2D eigenvalue weighted by Gasteiger charge is -2.39. The second kappa shape index (κ2) is 5.91. The third-order valence-corrected chi connectivity index (χ3v) is 5.56. The highest BCUT2D eigenvalue weighted by atomic mass is 16.4. The quantitative estimate of drug-likeness (QED) is 0.915. The standard InChI is InChI=1S/C20H27NO3/c1-19(2)10-16-11-20(3,12-19)13-21(16)17(22)9-6-14-4-7-15(8-5-14)18(23)24/h4-5,7-8,16H,6,9-13H2,1-3H3,(H,23,24). The van der Waals surface area contributed by atoms with Crippen LogP contribution in [0.15, 0.2) is 24.3 Å². The lowest BCUT2D eigenvalue weighted by molar-refractivity contribution is -0.132. The molecule has 1 aliphatic carbocycles. The molecule has 0 spiro atoms. The van der Waals surface area contributed by atoms with Crippen LogP contribution in [-0.2, 0) is 11.2 Å². The van der Waals surface area contributed by atoms with Crippen LogP contribution in [0.25, 0.3) is 0 Å². The van der Waals surface area contributed by atoms with Gasteiger partial charge in [0, 0.05) is 19.0 Å². The summed E-state index contributed by atoms with van der Waals surface area (Å²) in [6, 6.07) is 7.22. The van der Waals surface area contributed by atoms with Crippen LogP contribution in [-0.4, -0.2) is 34.5 Å². The van der Waals surface area contributed by atoms with E-state index in [0.29, 0.717) is 24.3 Å². The van der Waals surface area contributed by atoms with Crippen LogP contribution in [0.1, 0.15) is 62.4 Å². The highest BCUT2D eigenvalue weighted by Gasteiger charge is 2.50. The van der Waals surface area contributed by atoms with Gasteiger partial charge in [-0.2, -0.15) is 0 Å². The van der Waals surface area contributed by atoms with Gasteiger partial charge in [-0.05, 0) is 54.2 Å². The van der Waals surface area contributed by atoms with Gasteiger partial charge < -0.3 is 10.0 Å². The molecule has 1 aromatic carbocycles. The summed E-state index contributed by atoms with van der Waals surface area (Å²) in [6.45, 7) is 7.83. The predicted molar refractivity (Wildman–Crippen MR) is 93.0 cm³/mol. The van der Waals surface area contributed by atoms with E-state index in [1.165, 1.54) is 6.42 Å². The number of fused-ring (bicyclic) bond motifs is 2. The number of carboxylic acid groups (broad SMARTS) is 1. The van der Waals surface area contributed by atoms with Crippen molar-refractivity contribution in [2.24, 2.45) is 10.8 Å². The molecule has 130 valence electrons. The molecular weight excluding hydrogens is 302 g/mol. The van der Waals surface area contributed by atoms with Gasteiger partial charge in [-0.15, -0.1) is 0 Å². The topological polar surface area (TPSA) is 57.6 Å². The van der Waals surface area contributed by atoms with Gasteiger partial charge in [0.1, 0.15) is 0 Å². The minimum atomic E-state index is -0.919. The first-order valence-corrected chi connectivity index (χ1v) is 8.79. The van der Waals surface area contributed by atoms with E-state index in [2.05, 4.69) is 25.7 Å². The van der Waals surface area contributed by atoms with E-state index in [1.807, 2.05) is 12.1 Å². The Hall–Kier alpha value is -1.84. The van der Waals surface area contributed by atoms with Crippen molar-refractivity contribution >= 4 is 11.9 Å². The molecule has 1 saturated heterocycles. The summed E-state index contributed by atoms with van der Waals surface area (Å²) in [6.07, 6.45) is 4.59. The van der Waals surface area contributed by atoms with Crippen molar-refractivity contribution in [1.29, 1.82) is 0 Å². The lowest BCUT2D eigenvalue weighted by Crippen LogP contribution is -2.37. The molecule has 1 N–H and O–H groups in total. The number of carbonyl (C=O) groups is 2. The second-order valence-electron chi connectivity index (χ2n) is 8.74. The molecule has 1 heterocycles. The Morgan fingerprint density at radius 1 is 1.17 bits per heavy atom. The van der Waals surface area contributed by atoms with E-state index in [9.17, 15) is 9.59 Å². The molecule has 0 radical (unpaired) electrons. The van der Waals surface area contributed by atoms with Gasteiger partial charge in [-0.25, -0.2) is 4.79 Å². The number of nitrogens with zero attached hydrogens (tertiary/aromatic N) is 1. The first kappa shape index (κ1) is 17.0. The highest BCUT2D eigenvalue weighted by Crippen LogP contribution is 2.52. The summed E-state index contributed by atoms with van der Waals surface area (Å²) in [5.74, 6) is -0.679. The minimum absolute atomic E-state index is 0.240. The molecule has 2 atom stereocenters. The number of benzene rings is 1. The van der Waals surface area contributed by atoms with Crippen molar-refractivity contribution in [3.8, 4) is 0 Å². The number of hydrogen-bond acceptors (Lipinski definition) is 2. The normalized spacial score (nSPS) is 28.0. The van der Waals surface area contributed by atoms with E-state index < -0.39 is 5.97 Å². The fraction of sp³-hybridized carbons (Fsp3) is 0.600. The van der Waals surface area contributed by atoms with Gasteiger partial charge in [0.2, 0.25) is 5.91 Å². The van der Waals surface area contributed by atoms with Crippen LogP contribution in [0.5, 0.6) is 0 Å². The molecule has 1 saturated carbocycles. The number of aryl methyl sites for hydroxylation is 1. The monoisotopic (exact) mass is 329 g/mol. The maximum Gasteiger partial charge on any atom is 0.335 e. The largest absolute Gasteiger partial charge is 0.478 e. The van der Waals surface area contributed by atoms with Crippen LogP contribution in [0, 0.1) is 10.8 Å². The third-order valence-electron chi connectivity index (χ3n) is 5.56. The van der Waals surface area contributed by atoms with Gasteiger partial charge in [-0.3, -0.25) is 4.79 Å². The first-order chi connectivity index (χ1) is 11.2. The maximum absolute atomic E-state index is 12.7. The Balaban J connectivity index is 1.61. The number of amides is 1. The average Bonchev–Trinajstić information content (AvgIpc) is 2.74. The van der Waals surface area contributed by atoms with Gasteiger partial charge in [0.25, 0.3) is 0 Å². The van der Waals surface area contributed by atoms with Crippen LogP contribution >= 0.6 is 0 Å². The van der Waals surface area contributed by atoms with Gasteiger partial charge >= 0.3 is 5.97 Å². The Morgan fingerprint density at radius 2 is 1.83 bits per heavy atom. The molecule has 2 fully saturated rings. The summed E-state index contributed by atoms with van der Waals surface area (Å²) < 4.78 is 0. The minimum Gasteiger partial charge on any atom is -0.478 e. The summed E-state index contributed by atoms with van der Waals surface area (Å²) in [4.78, 5) is 25.7. The molecule has 2 unspecified atom stereocenters. The predicted octanol–water partition coefficient (Wildman–Crippen LogP) is 3.74. The van der Waals surface area contributed by atoms with Crippen LogP contribution in [0.4, 0.5) is 0 Å². The molecule has 1 aromatic rings. The van der Waals surface area contributed by atoms with E-state index in [4.69, 9.17) is 5.11 Å². The van der Waals surface area contributed by atoms with Crippen LogP contribution in [0.3, 0.4) is 0 Å². The number of carboxylic acids is 1. The number of carbonyl (C=O) groups excluding carboxylic acids is 1. The van der Waals surface area contributed by atoms with Crippen molar-refractivity contribution < 1.29 is 14.7 Å². The van der Waals surface area contributed by atoms with Crippen molar-refractivity contribution in [1.82, 2.24) is 4.90 Å². The molecule has 2 bridgehead atoms. The van der Waals surface area contributed by atoms with Crippen molar-refractivity contribution in [3.63, 3.8) is 0 Å². The van der Waals surface area contributed by atoms with Gasteiger partial charge in [-0.1, -0.05) is 32.9 Å². The summed E-state index contributed by atoms with van der Waals surface area (Å²) in [5, 5.41) is 8.93. The Morgan fingerprint density at radius 3 is 2.46 bits per heavy atom. The third kappa shape index (κ3) is 3.47. The van der Waals surface area contributed by atoms with Crippen molar-refractivity contribution in [2.75, 3.05) is 6.54 Å².